The fourth-order valence-electron chi connectivity index (χ4n) is 1.12. The van der Waals surface area contributed by atoms with Gasteiger partial charge in [0.05, 0.1) is 0 Å². The van der Waals surface area contributed by atoms with Crippen LogP contribution >= 0.6 is 0 Å². The molecule has 2 N–H and O–H groups in total. The lowest BCUT2D eigenvalue weighted by molar-refractivity contribution is 0.624. The zero-order valence-corrected chi connectivity index (χ0v) is 11.5. The third-order valence-corrected chi connectivity index (χ3v) is 1.78. The average Bonchev–Trinajstić information content (AvgIpc) is 2.43. The van der Waals surface area contributed by atoms with E-state index in [2.05, 4.69) is 25.8 Å². The lowest BCUT2D eigenvalue weighted by Crippen LogP contribution is -2.05. The monoisotopic (exact) mass is 219 g/mol. The van der Waals surface area contributed by atoms with Crippen LogP contribution in [0.25, 0.3) is 0 Å². The molecule has 1 rings (SSSR count). The van der Waals surface area contributed by atoms with Crippen molar-refractivity contribution in [1.82, 2.24) is 0 Å². The van der Waals surface area contributed by atoms with Crippen LogP contribution in [0.15, 0.2) is 35.6 Å². The maximum atomic E-state index is 5.71. The van der Waals surface area contributed by atoms with E-state index in [9.17, 15) is 0 Å². The molecule has 0 unspecified atom stereocenters. The Morgan fingerprint density at radius 1 is 1.19 bits per heavy atom. The molecule has 0 fully saturated rings. The SMILES string of the molecule is C#CC1=CC(C)(C)C=CC=C1N.CC.CC. The smallest absolute Gasteiger partial charge is 0.0470 e. The maximum absolute atomic E-state index is 5.71. The minimum Gasteiger partial charge on any atom is -0.398 e. The molecule has 0 aliphatic heterocycles. The fraction of sp³-hybridized carbons (Fsp3) is 0.467. The topological polar surface area (TPSA) is 26.0 Å². The van der Waals surface area contributed by atoms with Gasteiger partial charge in [-0.3, -0.25) is 0 Å². The Kier molecular flexibility index (Phi) is 9.40. The highest BCUT2D eigenvalue weighted by Gasteiger charge is 2.13. The highest BCUT2D eigenvalue weighted by atomic mass is 14.6. The van der Waals surface area contributed by atoms with Crippen molar-refractivity contribution < 1.29 is 0 Å². The Labute approximate surface area is 101 Å². The van der Waals surface area contributed by atoms with Gasteiger partial charge in [-0.15, -0.1) is 6.42 Å². The number of hydrogen-bond donors (Lipinski definition) is 1. The van der Waals surface area contributed by atoms with Crippen molar-refractivity contribution in [3.8, 4) is 12.3 Å². The summed E-state index contributed by atoms with van der Waals surface area (Å²) in [5.41, 5.74) is 7.16. The standard InChI is InChI=1S/C11H13N.2C2H6/c1-4-9-8-11(2,3)7-5-6-10(9)12;2*1-2/h1,5-8H,12H2,2-3H3;2*1-2H3. The molecule has 0 saturated carbocycles. The van der Waals surface area contributed by atoms with E-state index < -0.39 is 0 Å². The molecular formula is C15H25N. The van der Waals surface area contributed by atoms with Crippen LogP contribution < -0.4 is 5.73 Å². The predicted molar refractivity (Wildman–Crippen MR) is 74.8 cm³/mol. The molecule has 1 aliphatic rings. The van der Waals surface area contributed by atoms with Crippen molar-refractivity contribution in [2.75, 3.05) is 0 Å². The summed E-state index contributed by atoms with van der Waals surface area (Å²) in [6.45, 7) is 12.2. The molecule has 0 radical (unpaired) electrons. The van der Waals surface area contributed by atoms with Gasteiger partial charge in [0.1, 0.15) is 0 Å². The number of hydrogen-bond acceptors (Lipinski definition) is 1. The third kappa shape index (κ3) is 6.14. The molecule has 90 valence electrons. The van der Waals surface area contributed by atoms with Gasteiger partial charge in [0, 0.05) is 16.7 Å². The summed E-state index contributed by atoms with van der Waals surface area (Å²) in [7, 11) is 0. The molecule has 1 heteroatoms. The Hall–Kier alpha value is -1.42. The molecule has 0 spiro atoms. The molecule has 0 aromatic heterocycles. The molecule has 0 aromatic rings. The second-order valence-electron chi connectivity index (χ2n) is 3.50. The Bertz CT molecular complexity index is 309. The van der Waals surface area contributed by atoms with E-state index in [1.54, 1.807) is 0 Å². The zero-order chi connectivity index (χ0) is 13.2. The van der Waals surface area contributed by atoms with Gasteiger partial charge in [0.25, 0.3) is 0 Å². The van der Waals surface area contributed by atoms with Crippen LogP contribution in [0, 0.1) is 17.8 Å². The van der Waals surface area contributed by atoms with Gasteiger partial charge < -0.3 is 5.73 Å². The second-order valence-corrected chi connectivity index (χ2v) is 3.50. The summed E-state index contributed by atoms with van der Waals surface area (Å²) in [5, 5.41) is 0. The molecule has 0 saturated heterocycles. The van der Waals surface area contributed by atoms with Crippen molar-refractivity contribution in [1.29, 1.82) is 0 Å². The first kappa shape index (κ1) is 17.0. The average molecular weight is 219 g/mol. The first-order valence-electron chi connectivity index (χ1n) is 5.90. The molecular weight excluding hydrogens is 194 g/mol. The third-order valence-electron chi connectivity index (χ3n) is 1.78. The van der Waals surface area contributed by atoms with Gasteiger partial charge >= 0.3 is 0 Å². The van der Waals surface area contributed by atoms with Gasteiger partial charge in [-0.1, -0.05) is 65.7 Å². The number of nitrogens with two attached hydrogens (primary N) is 1. The Balaban J connectivity index is 0. The number of allylic oxidation sites excluding steroid dienone is 5. The van der Waals surface area contributed by atoms with Crippen LogP contribution in [0.3, 0.4) is 0 Å². The summed E-state index contributed by atoms with van der Waals surface area (Å²) < 4.78 is 0. The van der Waals surface area contributed by atoms with E-state index in [4.69, 9.17) is 12.2 Å². The van der Waals surface area contributed by atoms with Crippen LogP contribution in [0.4, 0.5) is 0 Å². The van der Waals surface area contributed by atoms with Crippen molar-refractivity contribution in [2.45, 2.75) is 41.5 Å². The van der Waals surface area contributed by atoms with E-state index in [1.165, 1.54) is 0 Å². The van der Waals surface area contributed by atoms with Crippen LogP contribution in [-0.4, -0.2) is 0 Å². The number of terminal acetylenes is 1. The van der Waals surface area contributed by atoms with E-state index in [-0.39, 0.29) is 5.41 Å². The van der Waals surface area contributed by atoms with E-state index in [1.807, 2.05) is 45.9 Å². The fourth-order valence-corrected chi connectivity index (χ4v) is 1.12. The lowest BCUT2D eigenvalue weighted by atomic mass is 9.91. The quantitative estimate of drug-likeness (QED) is 0.611. The predicted octanol–water partition coefficient (Wildman–Crippen LogP) is 4.04. The lowest BCUT2D eigenvalue weighted by Gasteiger charge is -2.13. The molecule has 0 bridgehead atoms. The van der Waals surface area contributed by atoms with Gasteiger partial charge in [-0.05, 0) is 6.08 Å². The Morgan fingerprint density at radius 2 is 1.69 bits per heavy atom. The van der Waals surface area contributed by atoms with Gasteiger partial charge in [0.15, 0.2) is 0 Å². The van der Waals surface area contributed by atoms with Crippen molar-refractivity contribution in [2.24, 2.45) is 11.1 Å². The van der Waals surface area contributed by atoms with Crippen LogP contribution in [0.5, 0.6) is 0 Å². The minimum atomic E-state index is -0.000671. The van der Waals surface area contributed by atoms with Crippen molar-refractivity contribution >= 4 is 0 Å². The summed E-state index contributed by atoms with van der Waals surface area (Å²) in [4.78, 5) is 0. The summed E-state index contributed by atoms with van der Waals surface area (Å²) in [5.74, 6) is 2.58. The molecule has 0 atom stereocenters. The van der Waals surface area contributed by atoms with E-state index in [0.29, 0.717) is 5.70 Å². The van der Waals surface area contributed by atoms with Crippen LogP contribution in [0.2, 0.25) is 0 Å². The maximum Gasteiger partial charge on any atom is 0.0470 e. The van der Waals surface area contributed by atoms with E-state index in [0.717, 1.165) is 5.57 Å². The molecule has 1 nitrogen and oxygen atoms in total. The first-order valence-corrected chi connectivity index (χ1v) is 5.90. The van der Waals surface area contributed by atoms with Gasteiger partial charge in [-0.25, -0.2) is 0 Å². The minimum absolute atomic E-state index is 0.000671. The highest BCUT2D eigenvalue weighted by Crippen LogP contribution is 2.24. The number of rotatable bonds is 0. The van der Waals surface area contributed by atoms with Crippen molar-refractivity contribution in [3.05, 3.63) is 35.6 Å². The summed E-state index contributed by atoms with van der Waals surface area (Å²) in [6.07, 6.45) is 13.2. The zero-order valence-electron chi connectivity index (χ0n) is 11.5. The molecule has 0 amide bonds. The Morgan fingerprint density at radius 3 is 2.12 bits per heavy atom. The van der Waals surface area contributed by atoms with Gasteiger partial charge in [0.2, 0.25) is 0 Å². The largest absolute Gasteiger partial charge is 0.398 e. The molecule has 0 aromatic carbocycles. The van der Waals surface area contributed by atoms with Crippen LogP contribution in [0.1, 0.15) is 41.5 Å². The van der Waals surface area contributed by atoms with Gasteiger partial charge in [-0.2, -0.15) is 0 Å². The molecule has 16 heavy (non-hydrogen) atoms. The normalized spacial score (nSPS) is 16.1. The van der Waals surface area contributed by atoms with Crippen molar-refractivity contribution in [3.63, 3.8) is 0 Å². The summed E-state index contributed by atoms with van der Waals surface area (Å²) in [6, 6.07) is 0. The van der Waals surface area contributed by atoms with Crippen LogP contribution in [-0.2, 0) is 0 Å². The summed E-state index contributed by atoms with van der Waals surface area (Å²) >= 11 is 0. The molecule has 1 aliphatic carbocycles. The highest BCUT2D eigenvalue weighted by molar-refractivity contribution is 5.47. The molecule has 0 heterocycles. The first-order chi connectivity index (χ1) is 7.55. The second kappa shape index (κ2) is 8.85. The van der Waals surface area contributed by atoms with E-state index >= 15 is 0 Å².